The van der Waals surface area contributed by atoms with Crippen LogP contribution < -0.4 is 10.1 Å². The average Bonchev–Trinajstić information content (AvgIpc) is 3.30. The standard InChI is InChI=1S/C24H23FN4O3/c1-15-7-6-9-19(11-15)31-14-20-17(3)32-28-23(20)24(30)26-22-12-16(2)29(27-22)13-18-8-4-5-10-21(18)25/h4-12H,13-14H2,1-3H3,(H,26,27,30). The maximum Gasteiger partial charge on any atom is 0.279 e. The van der Waals surface area contributed by atoms with Crippen molar-refractivity contribution in [2.45, 2.75) is 33.9 Å². The number of ether oxygens (including phenoxy) is 1. The van der Waals surface area contributed by atoms with Crippen LogP contribution in [-0.2, 0) is 13.2 Å². The Morgan fingerprint density at radius 2 is 1.94 bits per heavy atom. The molecule has 4 rings (SSSR count). The first-order valence-electron chi connectivity index (χ1n) is 10.1. The molecule has 2 aromatic carbocycles. The number of halogens is 1. The van der Waals surface area contributed by atoms with Crippen LogP contribution in [0, 0.1) is 26.6 Å². The third kappa shape index (κ3) is 4.69. The number of nitrogens with one attached hydrogen (secondary N) is 1. The molecule has 0 spiro atoms. The van der Waals surface area contributed by atoms with Crippen molar-refractivity contribution in [2.75, 3.05) is 5.32 Å². The highest BCUT2D eigenvalue weighted by Crippen LogP contribution is 2.20. The number of aromatic nitrogens is 3. The van der Waals surface area contributed by atoms with E-state index < -0.39 is 5.91 Å². The Balaban J connectivity index is 1.47. The fourth-order valence-electron chi connectivity index (χ4n) is 3.29. The summed E-state index contributed by atoms with van der Waals surface area (Å²) in [6.45, 7) is 5.94. The largest absolute Gasteiger partial charge is 0.489 e. The first kappa shape index (κ1) is 21.3. The molecule has 0 saturated heterocycles. The number of benzene rings is 2. The van der Waals surface area contributed by atoms with Crippen LogP contribution in [0.2, 0.25) is 0 Å². The molecule has 0 aliphatic carbocycles. The quantitative estimate of drug-likeness (QED) is 0.451. The van der Waals surface area contributed by atoms with Crippen LogP contribution in [0.1, 0.15) is 38.6 Å². The molecule has 8 heteroatoms. The molecule has 0 aliphatic heterocycles. The lowest BCUT2D eigenvalue weighted by Gasteiger charge is -2.07. The fourth-order valence-corrected chi connectivity index (χ4v) is 3.29. The van der Waals surface area contributed by atoms with Crippen LogP contribution >= 0.6 is 0 Å². The predicted molar refractivity (Wildman–Crippen MR) is 117 cm³/mol. The lowest BCUT2D eigenvalue weighted by atomic mass is 10.2. The van der Waals surface area contributed by atoms with Crippen LogP contribution in [-0.4, -0.2) is 20.8 Å². The molecule has 1 amide bonds. The molecule has 0 fully saturated rings. The van der Waals surface area contributed by atoms with E-state index in [2.05, 4.69) is 15.6 Å². The van der Waals surface area contributed by atoms with Gasteiger partial charge in [0.05, 0.1) is 12.1 Å². The van der Waals surface area contributed by atoms with Crippen molar-refractivity contribution in [2.24, 2.45) is 0 Å². The second-order valence-corrected chi connectivity index (χ2v) is 7.55. The van der Waals surface area contributed by atoms with Crippen LogP contribution in [0.3, 0.4) is 0 Å². The molecule has 4 aromatic rings. The number of hydrogen-bond acceptors (Lipinski definition) is 5. The van der Waals surface area contributed by atoms with Crippen molar-refractivity contribution in [3.05, 3.63) is 94.3 Å². The maximum absolute atomic E-state index is 14.0. The average molecular weight is 434 g/mol. The van der Waals surface area contributed by atoms with Crippen LogP contribution in [0.25, 0.3) is 0 Å². The minimum Gasteiger partial charge on any atom is -0.489 e. The molecule has 32 heavy (non-hydrogen) atoms. The van der Waals surface area contributed by atoms with E-state index in [4.69, 9.17) is 9.26 Å². The highest BCUT2D eigenvalue weighted by atomic mass is 19.1. The molecule has 164 valence electrons. The van der Waals surface area contributed by atoms with Gasteiger partial charge in [0.2, 0.25) is 0 Å². The van der Waals surface area contributed by atoms with Gasteiger partial charge in [0.15, 0.2) is 11.5 Å². The summed E-state index contributed by atoms with van der Waals surface area (Å²) >= 11 is 0. The Kier molecular flexibility index (Phi) is 6.02. The Morgan fingerprint density at radius 1 is 1.12 bits per heavy atom. The maximum atomic E-state index is 14.0. The smallest absolute Gasteiger partial charge is 0.279 e. The van der Waals surface area contributed by atoms with Gasteiger partial charge in [-0.1, -0.05) is 35.5 Å². The Bertz CT molecular complexity index is 1260. The van der Waals surface area contributed by atoms with Gasteiger partial charge in [-0.15, -0.1) is 0 Å². The molecule has 0 bridgehead atoms. The minimum absolute atomic E-state index is 0.136. The van der Waals surface area contributed by atoms with Gasteiger partial charge in [0, 0.05) is 17.3 Å². The fraction of sp³-hybridized carbons (Fsp3) is 0.208. The van der Waals surface area contributed by atoms with Crippen LogP contribution in [0.4, 0.5) is 10.2 Å². The molecule has 0 aliphatic rings. The third-order valence-corrected chi connectivity index (χ3v) is 5.07. The molecule has 0 saturated carbocycles. The number of aryl methyl sites for hydroxylation is 3. The lowest BCUT2D eigenvalue weighted by Crippen LogP contribution is -2.16. The molecular formula is C24H23FN4O3. The number of amides is 1. The van der Waals surface area contributed by atoms with E-state index >= 15 is 0 Å². The Labute approximate surface area is 184 Å². The summed E-state index contributed by atoms with van der Waals surface area (Å²) in [5.41, 5.74) is 3.06. The SMILES string of the molecule is Cc1cccc(OCc2c(C(=O)Nc3cc(C)n(Cc4ccccc4F)n3)noc2C)c1. The summed E-state index contributed by atoms with van der Waals surface area (Å²) in [5, 5.41) is 11.0. The molecule has 2 aromatic heterocycles. The van der Waals surface area contributed by atoms with Gasteiger partial charge in [-0.2, -0.15) is 5.10 Å². The van der Waals surface area contributed by atoms with Crippen molar-refractivity contribution in [3.63, 3.8) is 0 Å². The van der Waals surface area contributed by atoms with Gasteiger partial charge in [-0.05, 0) is 44.5 Å². The molecule has 0 radical (unpaired) electrons. The number of rotatable bonds is 7. The normalized spacial score (nSPS) is 10.9. The highest BCUT2D eigenvalue weighted by molar-refractivity contribution is 6.03. The van der Waals surface area contributed by atoms with Crippen LogP contribution in [0.15, 0.2) is 59.1 Å². The minimum atomic E-state index is -0.458. The molecule has 0 atom stereocenters. The van der Waals surface area contributed by atoms with Gasteiger partial charge in [0.1, 0.15) is 23.9 Å². The highest BCUT2D eigenvalue weighted by Gasteiger charge is 2.21. The number of anilines is 1. The number of carbonyl (C=O) groups excluding carboxylic acids is 1. The summed E-state index contributed by atoms with van der Waals surface area (Å²) in [6, 6.07) is 15.9. The zero-order valence-corrected chi connectivity index (χ0v) is 18.1. The van der Waals surface area contributed by atoms with E-state index in [1.54, 1.807) is 35.9 Å². The molecule has 0 unspecified atom stereocenters. The second-order valence-electron chi connectivity index (χ2n) is 7.55. The van der Waals surface area contributed by atoms with E-state index in [0.29, 0.717) is 28.5 Å². The molecule has 1 N–H and O–H groups in total. The summed E-state index contributed by atoms with van der Waals surface area (Å²) in [7, 11) is 0. The van der Waals surface area contributed by atoms with Gasteiger partial charge < -0.3 is 14.6 Å². The first-order valence-corrected chi connectivity index (χ1v) is 10.1. The van der Waals surface area contributed by atoms with Crippen molar-refractivity contribution in [1.29, 1.82) is 0 Å². The van der Waals surface area contributed by atoms with E-state index in [-0.39, 0.29) is 24.7 Å². The summed E-state index contributed by atoms with van der Waals surface area (Å²) < 4.78 is 26.6. The number of hydrogen-bond donors (Lipinski definition) is 1. The lowest BCUT2D eigenvalue weighted by molar-refractivity contribution is 0.101. The number of carbonyl (C=O) groups is 1. The first-order chi connectivity index (χ1) is 15.4. The van der Waals surface area contributed by atoms with Crippen molar-refractivity contribution < 1.29 is 18.4 Å². The predicted octanol–water partition coefficient (Wildman–Crippen LogP) is 4.82. The Hall–Kier alpha value is -3.94. The third-order valence-electron chi connectivity index (χ3n) is 5.07. The topological polar surface area (TPSA) is 82.2 Å². The van der Waals surface area contributed by atoms with E-state index in [9.17, 15) is 9.18 Å². The van der Waals surface area contributed by atoms with Crippen molar-refractivity contribution in [3.8, 4) is 5.75 Å². The van der Waals surface area contributed by atoms with Crippen molar-refractivity contribution in [1.82, 2.24) is 14.9 Å². The van der Waals surface area contributed by atoms with E-state index in [1.165, 1.54) is 6.07 Å². The summed E-state index contributed by atoms with van der Waals surface area (Å²) in [4.78, 5) is 12.8. The zero-order chi connectivity index (χ0) is 22.7. The van der Waals surface area contributed by atoms with E-state index in [1.807, 2.05) is 38.1 Å². The zero-order valence-electron chi connectivity index (χ0n) is 18.1. The summed E-state index contributed by atoms with van der Waals surface area (Å²) in [5.74, 6) is 0.781. The number of nitrogens with zero attached hydrogens (tertiary/aromatic N) is 3. The molecule has 7 nitrogen and oxygen atoms in total. The molecule has 2 heterocycles. The summed E-state index contributed by atoms with van der Waals surface area (Å²) in [6.07, 6.45) is 0. The van der Waals surface area contributed by atoms with Gasteiger partial charge in [-0.25, -0.2) is 4.39 Å². The molecular weight excluding hydrogens is 411 g/mol. The van der Waals surface area contributed by atoms with Gasteiger partial charge >= 0.3 is 0 Å². The van der Waals surface area contributed by atoms with E-state index in [0.717, 1.165) is 11.3 Å². The Morgan fingerprint density at radius 3 is 2.72 bits per heavy atom. The van der Waals surface area contributed by atoms with Crippen LogP contribution in [0.5, 0.6) is 5.75 Å². The second kappa shape index (κ2) is 9.05. The van der Waals surface area contributed by atoms with Crippen molar-refractivity contribution >= 4 is 11.7 Å². The van der Waals surface area contributed by atoms with Gasteiger partial charge in [-0.3, -0.25) is 9.48 Å². The van der Waals surface area contributed by atoms with Gasteiger partial charge in [0.25, 0.3) is 5.91 Å². The monoisotopic (exact) mass is 434 g/mol.